The molecule has 100 valence electrons. The highest BCUT2D eigenvalue weighted by Crippen LogP contribution is 2.37. The molecule has 0 amide bonds. The Kier molecular flexibility index (Phi) is 3.59. The molecule has 1 N–H and O–H groups in total. The molecule has 1 aromatic carbocycles. The first-order valence-electron chi connectivity index (χ1n) is 5.49. The lowest BCUT2D eigenvalue weighted by molar-refractivity contribution is -0.138. The SMILES string of the molecule is CNc1cccc(Oc2ccccc2C(F)(F)F)n1. The van der Waals surface area contributed by atoms with Gasteiger partial charge in [-0.05, 0) is 18.2 Å². The molecule has 0 spiro atoms. The number of rotatable bonds is 3. The predicted octanol–water partition coefficient (Wildman–Crippen LogP) is 3.93. The van der Waals surface area contributed by atoms with E-state index < -0.39 is 11.7 Å². The number of para-hydroxylation sites is 1. The Morgan fingerprint density at radius 1 is 1.05 bits per heavy atom. The standard InChI is InChI=1S/C13H11F3N2O/c1-17-11-7-4-8-12(18-11)19-10-6-3-2-5-9(10)13(14,15)16/h2-8H,1H3,(H,17,18). The van der Waals surface area contributed by atoms with E-state index in [0.29, 0.717) is 5.82 Å². The molecule has 1 heterocycles. The fourth-order valence-corrected chi connectivity index (χ4v) is 1.51. The minimum absolute atomic E-state index is 0.101. The van der Waals surface area contributed by atoms with Gasteiger partial charge in [-0.25, -0.2) is 0 Å². The number of nitrogens with one attached hydrogen (secondary N) is 1. The van der Waals surface area contributed by atoms with Gasteiger partial charge in [-0.15, -0.1) is 0 Å². The minimum atomic E-state index is -4.46. The molecule has 0 atom stereocenters. The monoisotopic (exact) mass is 268 g/mol. The molecule has 2 rings (SSSR count). The number of hydrogen-bond acceptors (Lipinski definition) is 3. The number of halogens is 3. The van der Waals surface area contributed by atoms with Crippen molar-refractivity contribution in [3.05, 3.63) is 48.0 Å². The Bertz CT molecular complexity index is 570. The van der Waals surface area contributed by atoms with E-state index in [1.54, 1.807) is 19.2 Å². The number of benzene rings is 1. The van der Waals surface area contributed by atoms with E-state index in [9.17, 15) is 13.2 Å². The summed E-state index contributed by atoms with van der Waals surface area (Å²) in [7, 11) is 1.66. The maximum absolute atomic E-state index is 12.8. The topological polar surface area (TPSA) is 34.1 Å². The molecule has 0 fully saturated rings. The lowest BCUT2D eigenvalue weighted by Gasteiger charge is -2.13. The molecule has 0 radical (unpaired) electrons. The van der Waals surface area contributed by atoms with Crippen LogP contribution in [0.25, 0.3) is 0 Å². The molecule has 1 aromatic heterocycles. The number of hydrogen-bond donors (Lipinski definition) is 1. The van der Waals surface area contributed by atoms with E-state index in [1.807, 2.05) is 0 Å². The van der Waals surface area contributed by atoms with Gasteiger partial charge < -0.3 is 10.1 Å². The number of aromatic nitrogens is 1. The molecular formula is C13H11F3N2O. The Morgan fingerprint density at radius 3 is 2.47 bits per heavy atom. The second-order valence-corrected chi connectivity index (χ2v) is 3.71. The van der Waals surface area contributed by atoms with E-state index in [1.165, 1.54) is 24.3 Å². The van der Waals surface area contributed by atoms with Gasteiger partial charge in [0.05, 0.1) is 5.56 Å². The summed E-state index contributed by atoms with van der Waals surface area (Å²) in [4.78, 5) is 4.01. The van der Waals surface area contributed by atoms with Gasteiger partial charge in [0.15, 0.2) is 0 Å². The highest BCUT2D eigenvalue weighted by Gasteiger charge is 2.34. The zero-order chi connectivity index (χ0) is 13.9. The molecular weight excluding hydrogens is 257 g/mol. The zero-order valence-electron chi connectivity index (χ0n) is 10.0. The van der Waals surface area contributed by atoms with Crippen molar-refractivity contribution >= 4 is 5.82 Å². The van der Waals surface area contributed by atoms with Crippen LogP contribution in [0.1, 0.15) is 5.56 Å². The van der Waals surface area contributed by atoms with Crippen LogP contribution in [-0.4, -0.2) is 12.0 Å². The summed E-state index contributed by atoms with van der Waals surface area (Å²) in [5.74, 6) is 0.348. The Labute approximate surface area is 108 Å². The molecule has 0 aliphatic rings. The van der Waals surface area contributed by atoms with Crippen LogP contribution in [0.4, 0.5) is 19.0 Å². The van der Waals surface area contributed by atoms with Crippen LogP contribution < -0.4 is 10.1 Å². The largest absolute Gasteiger partial charge is 0.438 e. The predicted molar refractivity (Wildman–Crippen MR) is 65.3 cm³/mol. The Balaban J connectivity index is 2.33. The van der Waals surface area contributed by atoms with Crippen LogP contribution in [0.5, 0.6) is 11.6 Å². The molecule has 19 heavy (non-hydrogen) atoms. The van der Waals surface area contributed by atoms with Crippen LogP contribution in [0.2, 0.25) is 0 Å². The van der Waals surface area contributed by atoms with Crippen LogP contribution in [-0.2, 0) is 6.18 Å². The fraction of sp³-hybridized carbons (Fsp3) is 0.154. The maximum Gasteiger partial charge on any atom is 0.419 e. The first-order valence-corrected chi connectivity index (χ1v) is 5.49. The molecule has 0 unspecified atom stereocenters. The first-order chi connectivity index (χ1) is 9.00. The molecule has 0 aliphatic carbocycles. The molecule has 2 aromatic rings. The first kappa shape index (κ1) is 13.2. The van der Waals surface area contributed by atoms with E-state index in [-0.39, 0.29) is 11.6 Å². The van der Waals surface area contributed by atoms with Crippen LogP contribution in [0, 0.1) is 0 Å². The van der Waals surface area contributed by atoms with Crippen molar-refractivity contribution < 1.29 is 17.9 Å². The summed E-state index contributed by atoms with van der Waals surface area (Å²) in [5, 5.41) is 2.78. The van der Waals surface area contributed by atoms with E-state index >= 15 is 0 Å². The highest BCUT2D eigenvalue weighted by atomic mass is 19.4. The van der Waals surface area contributed by atoms with Crippen LogP contribution in [0.3, 0.4) is 0 Å². The number of alkyl halides is 3. The summed E-state index contributed by atoms with van der Waals surface area (Å²) < 4.78 is 43.6. The number of nitrogens with zero attached hydrogens (tertiary/aromatic N) is 1. The highest BCUT2D eigenvalue weighted by molar-refractivity contribution is 5.41. The lowest BCUT2D eigenvalue weighted by atomic mass is 10.2. The van der Waals surface area contributed by atoms with E-state index in [0.717, 1.165) is 6.07 Å². The average molecular weight is 268 g/mol. The van der Waals surface area contributed by atoms with Crippen molar-refractivity contribution in [1.29, 1.82) is 0 Å². The van der Waals surface area contributed by atoms with Crippen molar-refractivity contribution in [3.63, 3.8) is 0 Å². The van der Waals surface area contributed by atoms with Gasteiger partial charge in [0.25, 0.3) is 0 Å². The molecule has 0 saturated carbocycles. The number of ether oxygens (including phenoxy) is 1. The van der Waals surface area contributed by atoms with Crippen molar-refractivity contribution in [3.8, 4) is 11.6 Å². The second-order valence-electron chi connectivity index (χ2n) is 3.71. The second kappa shape index (κ2) is 5.17. The third-order valence-corrected chi connectivity index (χ3v) is 2.39. The third kappa shape index (κ3) is 3.15. The summed E-state index contributed by atoms with van der Waals surface area (Å²) in [6, 6.07) is 9.84. The van der Waals surface area contributed by atoms with Gasteiger partial charge >= 0.3 is 6.18 Å². The molecule has 6 heteroatoms. The van der Waals surface area contributed by atoms with Gasteiger partial charge in [-0.3, -0.25) is 0 Å². The van der Waals surface area contributed by atoms with Crippen LogP contribution >= 0.6 is 0 Å². The number of pyridine rings is 1. The van der Waals surface area contributed by atoms with Crippen molar-refractivity contribution in [2.75, 3.05) is 12.4 Å². The van der Waals surface area contributed by atoms with Gasteiger partial charge in [0.2, 0.25) is 5.88 Å². The van der Waals surface area contributed by atoms with Gasteiger partial charge in [-0.2, -0.15) is 18.2 Å². The third-order valence-electron chi connectivity index (χ3n) is 2.39. The van der Waals surface area contributed by atoms with Crippen LogP contribution in [0.15, 0.2) is 42.5 Å². The van der Waals surface area contributed by atoms with Gasteiger partial charge in [-0.1, -0.05) is 18.2 Å². The average Bonchev–Trinajstić information content (AvgIpc) is 2.38. The summed E-state index contributed by atoms with van der Waals surface area (Å²) in [6.45, 7) is 0. The Hall–Kier alpha value is -2.24. The quantitative estimate of drug-likeness (QED) is 0.915. The molecule has 0 saturated heterocycles. The smallest absolute Gasteiger partial charge is 0.419 e. The minimum Gasteiger partial charge on any atom is -0.438 e. The van der Waals surface area contributed by atoms with Crippen molar-refractivity contribution in [2.24, 2.45) is 0 Å². The lowest BCUT2D eigenvalue weighted by Crippen LogP contribution is -2.07. The van der Waals surface area contributed by atoms with Gasteiger partial charge in [0.1, 0.15) is 11.6 Å². The number of anilines is 1. The summed E-state index contributed by atoms with van der Waals surface area (Å²) in [6.07, 6.45) is -4.46. The molecule has 0 bridgehead atoms. The van der Waals surface area contributed by atoms with E-state index in [2.05, 4.69) is 10.3 Å². The van der Waals surface area contributed by atoms with Crippen molar-refractivity contribution in [2.45, 2.75) is 6.18 Å². The maximum atomic E-state index is 12.8. The Morgan fingerprint density at radius 2 is 1.79 bits per heavy atom. The zero-order valence-corrected chi connectivity index (χ0v) is 10.0. The van der Waals surface area contributed by atoms with Gasteiger partial charge in [0, 0.05) is 13.1 Å². The molecule has 3 nitrogen and oxygen atoms in total. The van der Waals surface area contributed by atoms with E-state index in [4.69, 9.17) is 4.74 Å². The van der Waals surface area contributed by atoms with Crippen molar-refractivity contribution in [1.82, 2.24) is 4.98 Å². The summed E-state index contributed by atoms with van der Waals surface area (Å²) in [5.41, 5.74) is -0.827. The molecule has 0 aliphatic heterocycles. The summed E-state index contributed by atoms with van der Waals surface area (Å²) >= 11 is 0. The fourth-order valence-electron chi connectivity index (χ4n) is 1.51. The normalized spacial score (nSPS) is 11.2.